The maximum atomic E-state index is 13.0. The Labute approximate surface area is 225 Å². The van der Waals surface area contributed by atoms with Gasteiger partial charge in [-0.2, -0.15) is 9.30 Å². The second kappa shape index (κ2) is 11.7. The number of ether oxygens (including phenoxy) is 1. The molecule has 196 valence electrons. The van der Waals surface area contributed by atoms with Crippen molar-refractivity contribution in [2.75, 3.05) is 13.7 Å². The predicted molar refractivity (Wildman–Crippen MR) is 147 cm³/mol. The van der Waals surface area contributed by atoms with E-state index >= 15 is 0 Å². The fourth-order valence-electron chi connectivity index (χ4n) is 3.83. The van der Waals surface area contributed by atoms with Crippen molar-refractivity contribution in [3.05, 3.63) is 107 Å². The molecular weight excluding hydrogens is 522 g/mol. The van der Waals surface area contributed by atoms with E-state index in [9.17, 15) is 18.0 Å². The number of benzene rings is 3. The third-order valence-corrected chi connectivity index (χ3v) is 8.62. The van der Waals surface area contributed by atoms with Gasteiger partial charge in [-0.25, -0.2) is 13.2 Å². The van der Waals surface area contributed by atoms with Gasteiger partial charge in [-0.3, -0.25) is 4.79 Å². The van der Waals surface area contributed by atoms with Gasteiger partial charge >= 0.3 is 5.97 Å². The van der Waals surface area contributed by atoms with Crippen LogP contribution in [0.15, 0.2) is 95.3 Å². The molecule has 0 N–H and O–H groups in total. The fourth-order valence-corrected chi connectivity index (χ4v) is 6.07. The second-order valence-electron chi connectivity index (χ2n) is 8.37. The number of fused-ring (bicyclic) bond motifs is 1. The molecule has 0 bridgehead atoms. The lowest BCUT2D eigenvalue weighted by atomic mass is 10.2. The average molecular weight is 550 g/mol. The van der Waals surface area contributed by atoms with Crippen molar-refractivity contribution in [1.29, 1.82) is 0 Å². The van der Waals surface area contributed by atoms with Gasteiger partial charge in [-0.15, -0.1) is 6.58 Å². The summed E-state index contributed by atoms with van der Waals surface area (Å²) in [5, 5.41) is 0. The smallest absolute Gasteiger partial charge is 0.338 e. The van der Waals surface area contributed by atoms with Crippen LogP contribution in [0, 0.1) is 0 Å². The Kier molecular flexibility index (Phi) is 8.35. The van der Waals surface area contributed by atoms with Crippen LogP contribution in [0.5, 0.6) is 0 Å². The lowest BCUT2D eigenvalue weighted by Gasteiger charge is -2.17. The zero-order chi connectivity index (χ0) is 27.3. The summed E-state index contributed by atoms with van der Waals surface area (Å²) in [6, 6.07) is 20.2. The van der Waals surface area contributed by atoms with Crippen molar-refractivity contribution in [3.63, 3.8) is 0 Å². The highest BCUT2D eigenvalue weighted by Gasteiger charge is 2.21. The minimum Gasteiger partial charge on any atom is -0.462 e. The Morgan fingerprint density at radius 2 is 1.74 bits per heavy atom. The number of amides is 1. The van der Waals surface area contributed by atoms with E-state index in [0.717, 1.165) is 15.8 Å². The first-order chi connectivity index (χ1) is 18.2. The van der Waals surface area contributed by atoms with Crippen molar-refractivity contribution < 1.29 is 22.7 Å². The topological polar surface area (TPSA) is 98.0 Å². The molecular formula is C28H27N3O5S2. The molecule has 1 heterocycles. The van der Waals surface area contributed by atoms with E-state index in [2.05, 4.69) is 11.6 Å². The van der Waals surface area contributed by atoms with Crippen LogP contribution in [0.4, 0.5) is 0 Å². The van der Waals surface area contributed by atoms with E-state index in [4.69, 9.17) is 4.74 Å². The first-order valence-electron chi connectivity index (χ1n) is 11.9. The molecule has 0 aliphatic rings. The number of sulfonamides is 1. The van der Waals surface area contributed by atoms with Crippen LogP contribution < -0.4 is 4.80 Å². The predicted octanol–water partition coefficient (Wildman–Crippen LogP) is 4.63. The summed E-state index contributed by atoms with van der Waals surface area (Å²) in [6.45, 7) is 6.44. The lowest BCUT2D eigenvalue weighted by Crippen LogP contribution is -2.26. The molecule has 1 aromatic heterocycles. The van der Waals surface area contributed by atoms with Crippen molar-refractivity contribution in [1.82, 2.24) is 8.87 Å². The molecule has 0 radical (unpaired) electrons. The maximum Gasteiger partial charge on any atom is 0.338 e. The molecule has 0 saturated carbocycles. The quantitative estimate of drug-likeness (QED) is 0.224. The van der Waals surface area contributed by atoms with Crippen LogP contribution >= 0.6 is 11.3 Å². The number of hydrogen-bond donors (Lipinski definition) is 0. The van der Waals surface area contributed by atoms with E-state index < -0.39 is 21.9 Å². The van der Waals surface area contributed by atoms with Gasteiger partial charge in [0.25, 0.3) is 5.91 Å². The highest BCUT2D eigenvalue weighted by molar-refractivity contribution is 7.89. The first kappa shape index (κ1) is 27.2. The number of rotatable bonds is 9. The summed E-state index contributed by atoms with van der Waals surface area (Å²) in [7, 11) is -2.23. The van der Waals surface area contributed by atoms with Gasteiger partial charge in [0.2, 0.25) is 10.0 Å². The highest BCUT2D eigenvalue weighted by Crippen LogP contribution is 2.21. The SMILES string of the molecule is C=CCn1c(=NC(=O)c2ccc(S(=O)(=O)N(C)Cc3ccccc3)cc2)sc2cc(C(=O)OCC)ccc21. The Bertz CT molecular complexity index is 1650. The average Bonchev–Trinajstić information content (AvgIpc) is 3.25. The number of hydrogen-bond acceptors (Lipinski definition) is 6. The molecule has 0 aliphatic carbocycles. The van der Waals surface area contributed by atoms with Crippen LogP contribution in [0.25, 0.3) is 10.2 Å². The van der Waals surface area contributed by atoms with Gasteiger partial charge in [0.05, 0.1) is 27.3 Å². The van der Waals surface area contributed by atoms with Crippen molar-refractivity contribution in [2.45, 2.75) is 24.9 Å². The summed E-state index contributed by atoms with van der Waals surface area (Å²) in [6.07, 6.45) is 1.69. The van der Waals surface area contributed by atoms with Gasteiger partial charge in [-0.05, 0) is 55.0 Å². The maximum absolute atomic E-state index is 13.0. The molecule has 0 unspecified atom stereocenters. The molecule has 3 aromatic carbocycles. The van der Waals surface area contributed by atoms with Crippen molar-refractivity contribution in [3.8, 4) is 0 Å². The minimum atomic E-state index is -3.74. The molecule has 38 heavy (non-hydrogen) atoms. The number of esters is 1. The first-order valence-corrected chi connectivity index (χ1v) is 14.1. The standard InChI is InChI=1S/C28H27N3O5S2/c1-4-17-31-24-16-13-22(27(33)36-5-2)18-25(24)37-28(31)29-26(32)21-11-14-23(15-12-21)38(34,35)30(3)19-20-9-7-6-8-10-20/h4,6-16,18H,1,5,17,19H2,2-3H3. The Balaban J connectivity index is 1.61. The summed E-state index contributed by atoms with van der Waals surface area (Å²) < 4.78 is 35.0. The van der Waals surface area contributed by atoms with E-state index in [1.165, 1.54) is 47.0 Å². The molecule has 1 amide bonds. The number of thiazole rings is 1. The summed E-state index contributed by atoms with van der Waals surface area (Å²) in [5.41, 5.74) is 2.34. The number of allylic oxidation sites excluding steroid dienone is 1. The Hall–Kier alpha value is -3.86. The fraction of sp³-hybridized carbons (Fsp3) is 0.179. The third kappa shape index (κ3) is 5.83. The molecule has 0 saturated heterocycles. The number of aromatic nitrogens is 1. The summed E-state index contributed by atoms with van der Waals surface area (Å²) in [4.78, 5) is 30.0. The van der Waals surface area contributed by atoms with Gasteiger partial charge in [0.15, 0.2) is 4.80 Å². The molecule has 8 nitrogen and oxygen atoms in total. The number of carbonyl (C=O) groups is 2. The Morgan fingerprint density at radius 1 is 1.05 bits per heavy atom. The van der Waals surface area contributed by atoms with Gasteiger partial charge < -0.3 is 9.30 Å². The normalized spacial score (nSPS) is 12.1. The zero-order valence-electron chi connectivity index (χ0n) is 21.0. The number of nitrogens with zero attached hydrogens (tertiary/aromatic N) is 3. The van der Waals surface area contributed by atoms with Crippen LogP contribution in [0.3, 0.4) is 0 Å². The van der Waals surface area contributed by atoms with Crippen LogP contribution in [-0.2, 0) is 27.8 Å². The van der Waals surface area contributed by atoms with E-state index in [1.807, 2.05) is 34.9 Å². The van der Waals surface area contributed by atoms with E-state index in [0.29, 0.717) is 16.9 Å². The molecule has 10 heteroatoms. The van der Waals surface area contributed by atoms with Gasteiger partial charge in [0.1, 0.15) is 0 Å². The third-order valence-electron chi connectivity index (χ3n) is 5.76. The van der Waals surface area contributed by atoms with Crippen LogP contribution in [0.2, 0.25) is 0 Å². The largest absolute Gasteiger partial charge is 0.462 e. The minimum absolute atomic E-state index is 0.0857. The van der Waals surface area contributed by atoms with Crippen molar-refractivity contribution in [2.24, 2.45) is 4.99 Å². The Morgan fingerprint density at radius 3 is 2.39 bits per heavy atom. The molecule has 4 rings (SSSR count). The molecule has 4 aromatic rings. The summed E-state index contributed by atoms with van der Waals surface area (Å²) >= 11 is 1.27. The van der Waals surface area contributed by atoms with Gasteiger partial charge in [-0.1, -0.05) is 47.7 Å². The van der Waals surface area contributed by atoms with Crippen molar-refractivity contribution >= 4 is 43.5 Å². The molecule has 0 fully saturated rings. The van der Waals surface area contributed by atoms with Crippen LogP contribution in [-0.4, -0.2) is 42.8 Å². The monoisotopic (exact) mass is 549 g/mol. The lowest BCUT2D eigenvalue weighted by molar-refractivity contribution is 0.0526. The summed E-state index contributed by atoms with van der Waals surface area (Å²) in [5.74, 6) is -0.932. The van der Waals surface area contributed by atoms with Gasteiger partial charge in [0, 0.05) is 25.7 Å². The van der Waals surface area contributed by atoms with E-state index in [-0.39, 0.29) is 23.6 Å². The molecule has 0 aliphatic heterocycles. The number of carbonyl (C=O) groups excluding carboxylic acids is 2. The molecule has 0 atom stereocenters. The highest BCUT2D eigenvalue weighted by atomic mass is 32.2. The molecule has 0 spiro atoms. The second-order valence-corrected chi connectivity index (χ2v) is 11.4. The van der Waals surface area contributed by atoms with Crippen LogP contribution in [0.1, 0.15) is 33.2 Å². The van der Waals surface area contributed by atoms with E-state index in [1.54, 1.807) is 31.2 Å². The zero-order valence-corrected chi connectivity index (χ0v) is 22.7.